The number of benzene rings is 1. The number of nitrogens with zero attached hydrogens (tertiary/aromatic N) is 2. The molecule has 7 heteroatoms. The molecule has 0 saturated heterocycles. The summed E-state index contributed by atoms with van der Waals surface area (Å²) < 4.78 is 10.6. The van der Waals surface area contributed by atoms with E-state index in [2.05, 4.69) is 15.5 Å². The summed E-state index contributed by atoms with van der Waals surface area (Å²) in [6, 6.07) is 7.65. The molecule has 1 aliphatic rings. The number of aromatic nitrogens is 2. The maximum absolute atomic E-state index is 12.6. The first-order valence-electron chi connectivity index (χ1n) is 9.84. The highest BCUT2D eigenvalue weighted by atomic mass is 16.5. The van der Waals surface area contributed by atoms with Crippen molar-refractivity contribution in [1.82, 2.24) is 15.5 Å². The Kier molecular flexibility index (Phi) is 6.90. The van der Waals surface area contributed by atoms with Crippen LogP contribution in [0.2, 0.25) is 0 Å². The number of hydrogen-bond donors (Lipinski definition) is 2. The van der Waals surface area contributed by atoms with E-state index >= 15 is 0 Å². The van der Waals surface area contributed by atoms with Gasteiger partial charge in [0.2, 0.25) is 0 Å². The third-order valence-electron chi connectivity index (χ3n) is 5.20. The lowest BCUT2D eigenvalue weighted by Gasteiger charge is -2.15. The molecule has 0 bridgehead atoms. The van der Waals surface area contributed by atoms with E-state index in [1.165, 1.54) is 12.8 Å². The minimum absolute atomic E-state index is 0.0670. The summed E-state index contributed by atoms with van der Waals surface area (Å²) in [5, 5.41) is 19.6. The second-order valence-corrected chi connectivity index (χ2v) is 7.10. The predicted octanol–water partition coefficient (Wildman–Crippen LogP) is 3.84. The van der Waals surface area contributed by atoms with Crippen molar-refractivity contribution in [3.8, 4) is 28.8 Å². The second-order valence-electron chi connectivity index (χ2n) is 7.10. The molecule has 0 radical (unpaired) electrons. The summed E-state index contributed by atoms with van der Waals surface area (Å²) in [5.74, 6) is 0.869. The van der Waals surface area contributed by atoms with Crippen LogP contribution in [0.5, 0.6) is 11.5 Å². The standard InChI is InChI=1S/C22H26N4O3/c1-28-19-10-9-15(12-20(19)29-2)21-17(14-24-26-21)11-16(13-23)22(27)25-18-7-5-3-4-6-8-18/h9-12,14,18H,3-8H2,1-2H3,(H,24,26)(H,25,27)/b16-11+. The van der Waals surface area contributed by atoms with Crippen LogP contribution in [0.15, 0.2) is 30.0 Å². The van der Waals surface area contributed by atoms with Gasteiger partial charge in [-0.2, -0.15) is 10.4 Å². The molecule has 3 rings (SSSR count). The van der Waals surface area contributed by atoms with Crippen molar-refractivity contribution in [1.29, 1.82) is 5.26 Å². The SMILES string of the molecule is COc1ccc(-c2[nH]ncc2/C=C(\C#N)C(=O)NC2CCCCCC2)cc1OC. The first kappa shape index (κ1) is 20.5. The van der Waals surface area contributed by atoms with Crippen molar-refractivity contribution in [3.05, 3.63) is 35.5 Å². The Balaban J connectivity index is 1.83. The van der Waals surface area contributed by atoms with Crippen molar-refractivity contribution in [2.75, 3.05) is 14.2 Å². The Morgan fingerprint density at radius 3 is 2.59 bits per heavy atom. The highest BCUT2D eigenvalue weighted by Crippen LogP contribution is 2.33. The topological polar surface area (TPSA) is 100 Å². The van der Waals surface area contributed by atoms with Crippen molar-refractivity contribution in [2.45, 2.75) is 44.6 Å². The lowest BCUT2D eigenvalue weighted by Crippen LogP contribution is -2.35. The van der Waals surface area contributed by atoms with Gasteiger partial charge in [0.05, 0.1) is 26.1 Å². The maximum Gasteiger partial charge on any atom is 0.262 e. The largest absolute Gasteiger partial charge is 0.493 e. The zero-order chi connectivity index (χ0) is 20.6. The van der Waals surface area contributed by atoms with Gasteiger partial charge in [-0.05, 0) is 37.1 Å². The van der Waals surface area contributed by atoms with Gasteiger partial charge in [-0.1, -0.05) is 25.7 Å². The van der Waals surface area contributed by atoms with Crippen LogP contribution in [0, 0.1) is 11.3 Å². The van der Waals surface area contributed by atoms with E-state index in [1.54, 1.807) is 32.6 Å². The Bertz CT molecular complexity index is 918. The van der Waals surface area contributed by atoms with Crippen LogP contribution >= 0.6 is 0 Å². The molecule has 1 aromatic heterocycles. The fraction of sp³-hybridized carbons (Fsp3) is 0.409. The molecule has 0 atom stereocenters. The lowest BCUT2D eigenvalue weighted by molar-refractivity contribution is -0.117. The minimum atomic E-state index is -0.334. The molecule has 1 aliphatic carbocycles. The van der Waals surface area contributed by atoms with Gasteiger partial charge in [0, 0.05) is 17.2 Å². The van der Waals surface area contributed by atoms with Gasteiger partial charge in [-0.25, -0.2) is 0 Å². The summed E-state index contributed by atoms with van der Waals surface area (Å²) in [6.45, 7) is 0. The van der Waals surface area contributed by atoms with Crippen LogP contribution in [-0.2, 0) is 4.79 Å². The van der Waals surface area contributed by atoms with Gasteiger partial charge in [0.15, 0.2) is 11.5 Å². The molecule has 1 aromatic carbocycles. The molecule has 1 heterocycles. The van der Waals surface area contributed by atoms with Crippen molar-refractivity contribution >= 4 is 12.0 Å². The number of hydrogen-bond acceptors (Lipinski definition) is 5. The summed E-state index contributed by atoms with van der Waals surface area (Å²) in [6.07, 6.45) is 9.74. The van der Waals surface area contributed by atoms with Gasteiger partial charge in [-0.3, -0.25) is 9.89 Å². The van der Waals surface area contributed by atoms with E-state index in [1.807, 2.05) is 18.2 Å². The predicted molar refractivity (Wildman–Crippen MR) is 110 cm³/mol. The molecule has 29 heavy (non-hydrogen) atoms. The number of carbonyl (C=O) groups is 1. The zero-order valence-electron chi connectivity index (χ0n) is 16.8. The quantitative estimate of drug-likeness (QED) is 0.440. The number of H-pyrrole nitrogens is 1. The molecule has 0 spiro atoms. The first-order valence-corrected chi connectivity index (χ1v) is 9.84. The molecule has 152 valence electrons. The molecule has 2 aromatic rings. The highest BCUT2D eigenvalue weighted by Gasteiger charge is 2.18. The van der Waals surface area contributed by atoms with E-state index in [-0.39, 0.29) is 17.5 Å². The van der Waals surface area contributed by atoms with E-state index in [0.29, 0.717) is 22.8 Å². The van der Waals surface area contributed by atoms with E-state index in [0.717, 1.165) is 31.2 Å². The Hall–Kier alpha value is -3.27. The van der Waals surface area contributed by atoms with Crippen molar-refractivity contribution in [3.63, 3.8) is 0 Å². The Morgan fingerprint density at radius 1 is 1.21 bits per heavy atom. The Morgan fingerprint density at radius 2 is 1.93 bits per heavy atom. The van der Waals surface area contributed by atoms with Crippen LogP contribution in [0.3, 0.4) is 0 Å². The summed E-state index contributed by atoms with van der Waals surface area (Å²) in [5.41, 5.74) is 2.23. The van der Waals surface area contributed by atoms with Gasteiger partial charge in [-0.15, -0.1) is 0 Å². The van der Waals surface area contributed by atoms with Crippen LogP contribution < -0.4 is 14.8 Å². The molecule has 1 saturated carbocycles. The van der Waals surface area contributed by atoms with Gasteiger partial charge in [0.1, 0.15) is 11.6 Å². The maximum atomic E-state index is 12.6. The van der Waals surface area contributed by atoms with E-state index in [9.17, 15) is 10.1 Å². The number of amides is 1. The van der Waals surface area contributed by atoms with Crippen molar-refractivity contribution < 1.29 is 14.3 Å². The molecule has 0 unspecified atom stereocenters. The van der Waals surface area contributed by atoms with E-state index < -0.39 is 0 Å². The molecule has 7 nitrogen and oxygen atoms in total. The molecule has 0 aliphatic heterocycles. The number of nitrogens with one attached hydrogen (secondary N) is 2. The number of aromatic amines is 1. The number of methoxy groups -OCH3 is 2. The smallest absolute Gasteiger partial charge is 0.262 e. The van der Waals surface area contributed by atoms with Crippen LogP contribution in [0.4, 0.5) is 0 Å². The minimum Gasteiger partial charge on any atom is -0.493 e. The van der Waals surface area contributed by atoms with E-state index in [4.69, 9.17) is 9.47 Å². The van der Waals surface area contributed by atoms with Crippen LogP contribution in [0.25, 0.3) is 17.3 Å². The number of carbonyl (C=O) groups excluding carboxylic acids is 1. The molecular formula is C22H26N4O3. The monoisotopic (exact) mass is 394 g/mol. The fourth-order valence-corrected chi connectivity index (χ4v) is 3.62. The average Bonchev–Trinajstić information content (AvgIpc) is 3.06. The molecule has 1 fully saturated rings. The normalized spacial score (nSPS) is 15.3. The second kappa shape index (κ2) is 9.78. The summed E-state index contributed by atoms with van der Waals surface area (Å²) in [7, 11) is 3.15. The van der Waals surface area contributed by atoms with Crippen molar-refractivity contribution in [2.24, 2.45) is 0 Å². The average molecular weight is 394 g/mol. The summed E-state index contributed by atoms with van der Waals surface area (Å²) >= 11 is 0. The zero-order valence-corrected chi connectivity index (χ0v) is 16.8. The van der Waals surface area contributed by atoms with Crippen LogP contribution in [-0.4, -0.2) is 36.4 Å². The number of nitriles is 1. The molecule has 1 amide bonds. The molecule has 2 N–H and O–H groups in total. The third-order valence-corrected chi connectivity index (χ3v) is 5.20. The third kappa shape index (κ3) is 4.96. The fourth-order valence-electron chi connectivity index (χ4n) is 3.62. The Labute approximate surface area is 170 Å². The van der Waals surface area contributed by atoms with Gasteiger partial charge in [0.25, 0.3) is 5.91 Å². The van der Waals surface area contributed by atoms with Gasteiger partial charge < -0.3 is 14.8 Å². The summed E-state index contributed by atoms with van der Waals surface area (Å²) in [4.78, 5) is 12.6. The number of ether oxygens (including phenoxy) is 2. The first-order chi connectivity index (χ1) is 14.2. The number of rotatable bonds is 6. The molecular weight excluding hydrogens is 368 g/mol. The van der Waals surface area contributed by atoms with Crippen LogP contribution in [0.1, 0.15) is 44.1 Å². The highest BCUT2D eigenvalue weighted by molar-refractivity contribution is 6.02. The van der Waals surface area contributed by atoms with Gasteiger partial charge >= 0.3 is 0 Å². The lowest BCUT2D eigenvalue weighted by atomic mass is 10.0.